The van der Waals surface area contributed by atoms with Crippen LogP contribution in [0.5, 0.6) is 0 Å². The van der Waals surface area contributed by atoms with Gasteiger partial charge in [-0.15, -0.1) is 0 Å². The van der Waals surface area contributed by atoms with Crippen LogP contribution in [0.3, 0.4) is 0 Å². The minimum Gasteiger partial charge on any atom is -0.478 e. The van der Waals surface area contributed by atoms with Crippen molar-refractivity contribution in [1.82, 2.24) is 0 Å². The summed E-state index contributed by atoms with van der Waals surface area (Å²) in [5.41, 5.74) is 2.47. The summed E-state index contributed by atoms with van der Waals surface area (Å²) < 4.78 is 0. The molecular formula is C18H18O3. The van der Waals surface area contributed by atoms with E-state index in [1.807, 2.05) is 24.3 Å². The summed E-state index contributed by atoms with van der Waals surface area (Å²) in [6, 6.07) is 14.2. The van der Waals surface area contributed by atoms with Gasteiger partial charge in [-0.2, -0.15) is 0 Å². The highest BCUT2D eigenvalue weighted by molar-refractivity contribution is 6.06. The van der Waals surface area contributed by atoms with E-state index in [0.29, 0.717) is 0 Å². The van der Waals surface area contributed by atoms with Crippen LogP contribution in [-0.2, 0) is 12.8 Å². The van der Waals surface area contributed by atoms with E-state index in [1.165, 1.54) is 6.07 Å². The molecule has 0 radical (unpaired) electrons. The van der Waals surface area contributed by atoms with E-state index < -0.39 is 5.97 Å². The Kier molecular flexibility index (Phi) is 4.88. The molecule has 0 fully saturated rings. The SMILES string of the molecule is CCCc1ccccc1CC(=O)c1ccccc1C(=O)O. The number of carboxylic acids is 1. The lowest BCUT2D eigenvalue weighted by atomic mass is 9.94. The van der Waals surface area contributed by atoms with Crippen LogP contribution in [0, 0.1) is 0 Å². The standard InChI is InChI=1S/C18H18O3/c1-2-7-13-8-3-4-9-14(13)12-17(19)15-10-5-6-11-16(15)18(20)21/h3-6,8-11H,2,7,12H2,1H3,(H,20,21). The molecule has 21 heavy (non-hydrogen) atoms. The molecule has 108 valence electrons. The van der Waals surface area contributed by atoms with Crippen molar-refractivity contribution in [2.75, 3.05) is 0 Å². The minimum absolute atomic E-state index is 0.0653. The second kappa shape index (κ2) is 6.84. The van der Waals surface area contributed by atoms with E-state index in [9.17, 15) is 9.59 Å². The third-order valence-corrected chi connectivity index (χ3v) is 3.45. The van der Waals surface area contributed by atoms with Crippen LogP contribution < -0.4 is 0 Å². The Balaban J connectivity index is 2.29. The van der Waals surface area contributed by atoms with Crippen molar-refractivity contribution in [3.05, 3.63) is 70.8 Å². The van der Waals surface area contributed by atoms with Crippen LogP contribution in [-0.4, -0.2) is 16.9 Å². The Bertz CT molecular complexity index is 659. The smallest absolute Gasteiger partial charge is 0.336 e. The van der Waals surface area contributed by atoms with Gasteiger partial charge in [0.05, 0.1) is 5.56 Å². The number of Topliss-reactive ketones (excluding diaryl/α,β-unsaturated/α-hetero) is 1. The van der Waals surface area contributed by atoms with Gasteiger partial charge in [-0.25, -0.2) is 4.79 Å². The summed E-state index contributed by atoms with van der Waals surface area (Å²) in [6.45, 7) is 2.10. The molecule has 0 heterocycles. The summed E-state index contributed by atoms with van der Waals surface area (Å²) in [7, 11) is 0. The van der Waals surface area contributed by atoms with Gasteiger partial charge < -0.3 is 5.11 Å². The maximum atomic E-state index is 12.4. The number of carboxylic acid groups (broad SMARTS) is 1. The Labute approximate surface area is 124 Å². The Morgan fingerprint density at radius 2 is 1.48 bits per heavy atom. The van der Waals surface area contributed by atoms with Gasteiger partial charge in [-0.1, -0.05) is 55.8 Å². The Morgan fingerprint density at radius 1 is 0.905 bits per heavy atom. The van der Waals surface area contributed by atoms with Gasteiger partial charge in [0.1, 0.15) is 0 Å². The highest BCUT2D eigenvalue weighted by Gasteiger charge is 2.16. The number of aryl methyl sites for hydroxylation is 1. The molecule has 0 aromatic heterocycles. The van der Waals surface area contributed by atoms with Crippen LogP contribution in [0.2, 0.25) is 0 Å². The second-order valence-corrected chi connectivity index (χ2v) is 4.97. The molecule has 2 rings (SSSR count). The summed E-state index contributed by atoms with van der Waals surface area (Å²) in [6.07, 6.45) is 2.17. The molecule has 0 aliphatic rings. The molecule has 3 heteroatoms. The molecule has 0 unspecified atom stereocenters. The van der Waals surface area contributed by atoms with Crippen molar-refractivity contribution >= 4 is 11.8 Å². The second-order valence-electron chi connectivity index (χ2n) is 4.97. The van der Waals surface area contributed by atoms with Gasteiger partial charge in [0, 0.05) is 12.0 Å². The third-order valence-electron chi connectivity index (χ3n) is 3.45. The van der Waals surface area contributed by atoms with Gasteiger partial charge >= 0.3 is 5.97 Å². The predicted octanol–water partition coefficient (Wildman–Crippen LogP) is 3.76. The maximum Gasteiger partial charge on any atom is 0.336 e. The van der Waals surface area contributed by atoms with Crippen molar-refractivity contribution in [1.29, 1.82) is 0 Å². The molecule has 0 saturated heterocycles. The third kappa shape index (κ3) is 3.57. The molecule has 0 saturated carbocycles. The van der Waals surface area contributed by atoms with Crippen molar-refractivity contribution in [3.8, 4) is 0 Å². The predicted molar refractivity (Wildman–Crippen MR) is 81.9 cm³/mol. The van der Waals surface area contributed by atoms with E-state index >= 15 is 0 Å². The fourth-order valence-corrected chi connectivity index (χ4v) is 2.42. The molecular weight excluding hydrogens is 264 g/mol. The zero-order valence-electron chi connectivity index (χ0n) is 12.0. The van der Waals surface area contributed by atoms with Gasteiger partial charge in [0.2, 0.25) is 0 Å². The topological polar surface area (TPSA) is 54.4 Å². The normalized spacial score (nSPS) is 10.3. The monoisotopic (exact) mass is 282 g/mol. The van der Waals surface area contributed by atoms with Crippen LogP contribution in [0.25, 0.3) is 0 Å². The lowest BCUT2D eigenvalue weighted by Gasteiger charge is -2.09. The lowest BCUT2D eigenvalue weighted by molar-refractivity contribution is 0.0692. The highest BCUT2D eigenvalue weighted by atomic mass is 16.4. The summed E-state index contributed by atoms with van der Waals surface area (Å²) in [5.74, 6) is -1.22. The summed E-state index contributed by atoms with van der Waals surface area (Å²) >= 11 is 0. The average molecular weight is 282 g/mol. The van der Waals surface area contributed by atoms with Crippen LogP contribution in [0.1, 0.15) is 45.2 Å². The Morgan fingerprint density at radius 3 is 2.10 bits per heavy atom. The van der Waals surface area contributed by atoms with Crippen molar-refractivity contribution in [2.45, 2.75) is 26.2 Å². The minimum atomic E-state index is -1.07. The van der Waals surface area contributed by atoms with Gasteiger partial charge in [-0.3, -0.25) is 4.79 Å². The summed E-state index contributed by atoms with van der Waals surface area (Å²) in [5, 5.41) is 9.17. The van der Waals surface area contributed by atoms with E-state index in [0.717, 1.165) is 24.0 Å². The molecule has 3 nitrogen and oxygen atoms in total. The number of rotatable bonds is 6. The molecule has 0 spiro atoms. The first-order chi connectivity index (χ1) is 10.1. The van der Waals surface area contributed by atoms with E-state index in [-0.39, 0.29) is 23.3 Å². The van der Waals surface area contributed by atoms with Crippen molar-refractivity contribution in [2.24, 2.45) is 0 Å². The largest absolute Gasteiger partial charge is 0.478 e. The lowest BCUT2D eigenvalue weighted by Crippen LogP contribution is -2.11. The fourth-order valence-electron chi connectivity index (χ4n) is 2.42. The van der Waals surface area contributed by atoms with Gasteiger partial charge in [-0.05, 0) is 23.6 Å². The van der Waals surface area contributed by atoms with Gasteiger partial charge in [0.15, 0.2) is 5.78 Å². The van der Waals surface area contributed by atoms with E-state index in [4.69, 9.17) is 5.11 Å². The zero-order valence-corrected chi connectivity index (χ0v) is 12.0. The zero-order chi connectivity index (χ0) is 15.2. The molecule has 2 aromatic carbocycles. The highest BCUT2D eigenvalue weighted by Crippen LogP contribution is 2.17. The maximum absolute atomic E-state index is 12.4. The molecule has 0 atom stereocenters. The van der Waals surface area contributed by atoms with Crippen LogP contribution in [0.4, 0.5) is 0 Å². The fraction of sp³-hybridized carbons (Fsp3) is 0.222. The number of carbonyl (C=O) groups excluding carboxylic acids is 1. The number of hydrogen-bond acceptors (Lipinski definition) is 2. The van der Waals surface area contributed by atoms with E-state index in [1.54, 1.807) is 18.2 Å². The number of carbonyl (C=O) groups is 2. The molecule has 0 bridgehead atoms. The molecule has 0 aliphatic heterocycles. The Hall–Kier alpha value is -2.42. The number of ketones is 1. The van der Waals surface area contributed by atoms with E-state index in [2.05, 4.69) is 6.92 Å². The van der Waals surface area contributed by atoms with Crippen LogP contribution in [0.15, 0.2) is 48.5 Å². The summed E-state index contributed by atoms with van der Waals surface area (Å²) in [4.78, 5) is 23.6. The van der Waals surface area contributed by atoms with Crippen molar-refractivity contribution < 1.29 is 14.7 Å². The average Bonchev–Trinajstić information content (AvgIpc) is 2.49. The van der Waals surface area contributed by atoms with Gasteiger partial charge in [0.25, 0.3) is 0 Å². The molecule has 2 aromatic rings. The number of benzene rings is 2. The molecule has 1 N–H and O–H groups in total. The molecule has 0 aliphatic carbocycles. The van der Waals surface area contributed by atoms with Crippen molar-refractivity contribution in [3.63, 3.8) is 0 Å². The first kappa shape index (κ1) is 15.0. The quantitative estimate of drug-likeness (QED) is 0.821. The first-order valence-electron chi connectivity index (χ1n) is 7.05. The number of hydrogen-bond donors (Lipinski definition) is 1. The molecule has 0 amide bonds. The van der Waals surface area contributed by atoms with Crippen LogP contribution >= 0.6 is 0 Å². The number of aromatic carboxylic acids is 1. The first-order valence-corrected chi connectivity index (χ1v) is 7.05.